The summed E-state index contributed by atoms with van der Waals surface area (Å²) in [7, 11) is -2.26. The maximum Gasteiger partial charge on any atom is 0.245 e. The Morgan fingerprint density at radius 3 is 2.42 bits per heavy atom. The summed E-state index contributed by atoms with van der Waals surface area (Å²) in [6.45, 7) is 9.62. The van der Waals surface area contributed by atoms with E-state index in [0.717, 1.165) is 5.56 Å². The van der Waals surface area contributed by atoms with Crippen LogP contribution >= 0.6 is 11.6 Å². The van der Waals surface area contributed by atoms with Crippen LogP contribution in [0.1, 0.15) is 51.0 Å². The van der Waals surface area contributed by atoms with E-state index in [-0.39, 0.29) is 15.3 Å². The van der Waals surface area contributed by atoms with Crippen LogP contribution in [-0.4, -0.2) is 24.8 Å². The topological polar surface area (TPSA) is 63.4 Å². The molecule has 5 nitrogen and oxygen atoms in total. The first kappa shape index (κ1) is 19.0. The normalized spacial score (nSPS) is 14.2. The van der Waals surface area contributed by atoms with Gasteiger partial charge in [0.15, 0.2) is 0 Å². The minimum Gasteiger partial charge on any atom is -0.443 e. The molecule has 0 radical (unpaired) electrons. The molecule has 0 bridgehead atoms. The van der Waals surface area contributed by atoms with Crippen molar-refractivity contribution in [3.8, 4) is 0 Å². The van der Waals surface area contributed by atoms with E-state index in [1.54, 1.807) is 25.3 Å². The Kier molecular flexibility index (Phi) is 5.14. The number of oxazole rings is 1. The Hall–Kier alpha value is -1.37. The SMILES string of the molecule is Cc1ccc(S(=O)(=O)N(C)[C@@H](C)c2ncc(C(C)(C)C)o2)c(Cl)c1. The third kappa shape index (κ3) is 3.66. The molecule has 0 unspecified atom stereocenters. The van der Waals surface area contributed by atoms with Gasteiger partial charge in [-0.25, -0.2) is 13.4 Å². The number of aromatic nitrogens is 1. The smallest absolute Gasteiger partial charge is 0.245 e. The van der Waals surface area contributed by atoms with Gasteiger partial charge in [-0.3, -0.25) is 0 Å². The van der Waals surface area contributed by atoms with Crippen molar-refractivity contribution in [1.29, 1.82) is 0 Å². The largest absolute Gasteiger partial charge is 0.443 e. The zero-order chi connectivity index (χ0) is 18.3. The summed E-state index contributed by atoms with van der Waals surface area (Å²) < 4.78 is 32.7. The molecule has 1 aromatic heterocycles. The van der Waals surface area contributed by atoms with Gasteiger partial charge in [0.2, 0.25) is 15.9 Å². The van der Waals surface area contributed by atoms with Gasteiger partial charge in [-0.05, 0) is 31.5 Å². The minimum atomic E-state index is -3.76. The number of sulfonamides is 1. The van der Waals surface area contributed by atoms with Gasteiger partial charge >= 0.3 is 0 Å². The second-order valence-electron chi connectivity index (χ2n) is 6.94. The average molecular weight is 371 g/mol. The number of hydrogen-bond acceptors (Lipinski definition) is 4. The summed E-state index contributed by atoms with van der Waals surface area (Å²) >= 11 is 6.13. The molecule has 0 aliphatic carbocycles. The molecule has 1 heterocycles. The lowest BCUT2D eigenvalue weighted by Gasteiger charge is -2.23. The maximum absolute atomic E-state index is 12.9. The van der Waals surface area contributed by atoms with Gasteiger partial charge < -0.3 is 4.42 Å². The zero-order valence-corrected chi connectivity index (χ0v) is 16.4. The summed E-state index contributed by atoms with van der Waals surface area (Å²) in [5.74, 6) is 1.07. The second kappa shape index (κ2) is 6.50. The van der Waals surface area contributed by atoms with E-state index in [9.17, 15) is 8.42 Å². The fraction of sp³-hybridized carbons (Fsp3) is 0.471. The quantitative estimate of drug-likeness (QED) is 0.804. The second-order valence-corrected chi connectivity index (χ2v) is 9.32. The van der Waals surface area contributed by atoms with Gasteiger partial charge in [0, 0.05) is 12.5 Å². The Bertz CT molecular complexity index is 838. The number of hydrogen-bond donors (Lipinski definition) is 0. The summed E-state index contributed by atoms with van der Waals surface area (Å²) in [6.07, 6.45) is 1.64. The molecular formula is C17H23ClN2O3S. The van der Waals surface area contributed by atoms with Crippen LogP contribution in [0.15, 0.2) is 33.7 Å². The number of halogens is 1. The van der Waals surface area contributed by atoms with Gasteiger partial charge in [0.25, 0.3) is 0 Å². The van der Waals surface area contributed by atoms with Crippen LogP contribution in [0.5, 0.6) is 0 Å². The fourth-order valence-electron chi connectivity index (χ4n) is 2.16. The van der Waals surface area contributed by atoms with E-state index in [1.165, 1.54) is 17.4 Å². The average Bonchev–Trinajstić information content (AvgIpc) is 2.95. The van der Waals surface area contributed by atoms with Crippen molar-refractivity contribution in [1.82, 2.24) is 9.29 Å². The maximum atomic E-state index is 12.9. The van der Waals surface area contributed by atoms with Crippen molar-refractivity contribution in [3.05, 3.63) is 46.6 Å². The first-order valence-corrected chi connectivity index (χ1v) is 9.47. The monoisotopic (exact) mass is 370 g/mol. The predicted molar refractivity (Wildman–Crippen MR) is 94.8 cm³/mol. The lowest BCUT2D eigenvalue weighted by Crippen LogP contribution is -2.30. The molecule has 132 valence electrons. The number of aryl methyl sites for hydroxylation is 1. The van der Waals surface area contributed by atoms with Crippen molar-refractivity contribution in [2.24, 2.45) is 0 Å². The molecule has 0 saturated heterocycles. The van der Waals surface area contributed by atoms with Crippen LogP contribution in [-0.2, 0) is 15.4 Å². The van der Waals surface area contributed by atoms with Crippen LogP contribution in [0.25, 0.3) is 0 Å². The van der Waals surface area contributed by atoms with Crippen LogP contribution in [0.3, 0.4) is 0 Å². The first-order chi connectivity index (χ1) is 10.9. The Balaban J connectivity index is 2.35. The Morgan fingerprint density at radius 1 is 1.29 bits per heavy atom. The summed E-state index contributed by atoms with van der Waals surface area (Å²) in [5, 5.41) is 0.205. The molecule has 0 saturated carbocycles. The minimum absolute atomic E-state index is 0.0757. The van der Waals surface area contributed by atoms with E-state index in [1.807, 2.05) is 27.7 Å². The molecular weight excluding hydrogens is 348 g/mol. The summed E-state index contributed by atoms with van der Waals surface area (Å²) in [5.41, 5.74) is 0.708. The third-order valence-electron chi connectivity index (χ3n) is 3.91. The van der Waals surface area contributed by atoms with Crippen LogP contribution in [0.4, 0.5) is 0 Å². The van der Waals surface area contributed by atoms with Gasteiger partial charge in [0.05, 0.1) is 17.3 Å². The zero-order valence-electron chi connectivity index (χ0n) is 14.8. The number of benzene rings is 1. The lowest BCUT2D eigenvalue weighted by atomic mass is 9.94. The highest BCUT2D eigenvalue weighted by Gasteiger charge is 2.31. The molecule has 0 fully saturated rings. The molecule has 0 N–H and O–H groups in total. The van der Waals surface area contributed by atoms with Gasteiger partial charge in [0.1, 0.15) is 10.7 Å². The van der Waals surface area contributed by atoms with Crippen molar-refractivity contribution >= 4 is 21.6 Å². The molecule has 7 heteroatoms. The molecule has 2 rings (SSSR count). The van der Waals surface area contributed by atoms with Crippen LogP contribution in [0.2, 0.25) is 5.02 Å². The van der Waals surface area contributed by atoms with Crippen LogP contribution < -0.4 is 0 Å². The lowest BCUT2D eigenvalue weighted by molar-refractivity contribution is 0.303. The fourth-order valence-corrected chi connectivity index (χ4v) is 4.05. The van der Waals surface area contributed by atoms with Crippen molar-refractivity contribution in [2.45, 2.75) is 51.0 Å². The van der Waals surface area contributed by atoms with E-state index < -0.39 is 16.1 Å². The van der Waals surface area contributed by atoms with E-state index in [4.69, 9.17) is 16.0 Å². The highest BCUT2D eigenvalue weighted by atomic mass is 35.5. The Morgan fingerprint density at radius 2 is 1.92 bits per heavy atom. The van der Waals surface area contributed by atoms with Crippen molar-refractivity contribution in [2.75, 3.05) is 7.05 Å². The van der Waals surface area contributed by atoms with E-state index in [0.29, 0.717) is 11.7 Å². The number of nitrogens with zero attached hydrogens (tertiary/aromatic N) is 2. The summed E-state index contributed by atoms with van der Waals surface area (Å²) in [4.78, 5) is 4.32. The van der Waals surface area contributed by atoms with Crippen molar-refractivity contribution < 1.29 is 12.8 Å². The van der Waals surface area contributed by atoms with Crippen LogP contribution in [0, 0.1) is 6.92 Å². The highest BCUT2D eigenvalue weighted by molar-refractivity contribution is 7.89. The van der Waals surface area contributed by atoms with Crippen molar-refractivity contribution in [3.63, 3.8) is 0 Å². The highest BCUT2D eigenvalue weighted by Crippen LogP contribution is 2.31. The first-order valence-electron chi connectivity index (χ1n) is 7.65. The van der Waals surface area contributed by atoms with Gasteiger partial charge in [-0.2, -0.15) is 4.31 Å². The third-order valence-corrected chi connectivity index (χ3v) is 6.32. The molecule has 1 atom stereocenters. The van der Waals surface area contributed by atoms with Gasteiger partial charge in [-0.1, -0.05) is 38.4 Å². The molecule has 1 aromatic carbocycles. The molecule has 2 aromatic rings. The summed E-state index contributed by atoms with van der Waals surface area (Å²) in [6, 6.07) is 4.32. The van der Waals surface area contributed by atoms with E-state index >= 15 is 0 Å². The number of rotatable bonds is 4. The molecule has 0 amide bonds. The standard InChI is InChI=1S/C17H23ClN2O3S/c1-11-7-8-14(13(18)9-11)24(21,22)20(6)12(2)16-19-10-15(23-16)17(3,4)5/h7-10,12H,1-6H3/t12-/m0/s1. The molecule has 0 spiro atoms. The molecule has 0 aliphatic rings. The molecule has 0 aliphatic heterocycles. The van der Waals surface area contributed by atoms with E-state index in [2.05, 4.69) is 4.98 Å². The Labute approximate surface area is 148 Å². The molecule has 24 heavy (non-hydrogen) atoms. The van der Waals surface area contributed by atoms with Gasteiger partial charge in [-0.15, -0.1) is 0 Å². The predicted octanol–water partition coefficient (Wildman–Crippen LogP) is 4.32.